The number of phenols is 1. The molecule has 0 saturated heterocycles. The van der Waals surface area contributed by atoms with Gasteiger partial charge >= 0.3 is 0 Å². The van der Waals surface area contributed by atoms with Crippen molar-refractivity contribution >= 4 is 22.8 Å². The SMILES string of the molecule is [C-]#[N+]c1cccc(-c2ccc(C(=O)Cc3ccc(O)cc3)s2)c1. The maximum Gasteiger partial charge on any atom is 0.187 e. The predicted molar refractivity (Wildman–Crippen MR) is 92.2 cm³/mol. The highest BCUT2D eigenvalue weighted by Gasteiger charge is 2.11. The minimum absolute atomic E-state index is 0.0493. The van der Waals surface area contributed by atoms with Crippen LogP contribution < -0.4 is 0 Å². The fourth-order valence-electron chi connectivity index (χ4n) is 2.26. The number of aromatic hydroxyl groups is 1. The van der Waals surface area contributed by atoms with Crippen LogP contribution in [0.5, 0.6) is 5.75 Å². The number of carbonyl (C=O) groups is 1. The third-order valence-electron chi connectivity index (χ3n) is 3.44. The molecule has 0 radical (unpaired) electrons. The highest BCUT2D eigenvalue weighted by Crippen LogP contribution is 2.31. The van der Waals surface area contributed by atoms with Crippen molar-refractivity contribution in [1.29, 1.82) is 0 Å². The lowest BCUT2D eigenvalue weighted by atomic mass is 10.1. The molecule has 0 unspecified atom stereocenters. The molecule has 2 aromatic carbocycles. The molecule has 1 N–H and O–H groups in total. The number of hydrogen-bond donors (Lipinski definition) is 1. The fraction of sp³-hybridized carbons (Fsp3) is 0.0526. The first-order valence-corrected chi connectivity index (χ1v) is 7.86. The van der Waals surface area contributed by atoms with Gasteiger partial charge in [0.25, 0.3) is 0 Å². The summed E-state index contributed by atoms with van der Waals surface area (Å²) in [5, 5.41) is 9.28. The van der Waals surface area contributed by atoms with E-state index in [2.05, 4.69) is 4.85 Å². The minimum atomic E-state index is 0.0493. The Morgan fingerprint density at radius 1 is 1.09 bits per heavy atom. The predicted octanol–water partition coefficient (Wildman–Crippen LogP) is 5.10. The number of phenolic OH excluding ortho intramolecular Hbond substituents is 1. The molecule has 0 saturated carbocycles. The lowest BCUT2D eigenvalue weighted by molar-refractivity contribution is 0.0997. The van der Waals surface area contributed by atoms with Crippen molar-refractivity contribution in [3.63, 3.8) is 0 Å². The summed E-state index contributed by atoms with van der Waals surface area (Å²) in [6.45, 7) is 7.07. The normalized spacial score (nSPS) is 10.2. The second kappa shape index (κ2) is 6.47. The van der Waals surface area contributed by atoms with E-state index in [1.54, 1.807) is 30.3 Å². The summed E-state index contributed by atoms with van der Waals surface area (Å²) in [4.78, 5) is 17.5. The molecule has 3 nitrogen and oxygen atoms in total. The van der Waals surface area contributed by atoms with E-state index in [1.807, 2.05) is 30.3 Å². The van der Waals surface area contributed by atoms with E-state index in [0.717, 1.165) is 16.0 Å². The monoisotopic (exact) mass is 319 g/mol. The van der Waals surface area contributed by atoms with Gasteiger partial charge in [0.15, 0.2) is 11.5 Å². The maximum atomic E-state index is 12.4. The molecule has 112 valence electrons. The van der Waals surface area contributed by atoms with Gasteiger partial charge in [-0.2, -0.15) is 0 Å². The molecule has 0 aliphatic heterocycles. The molecule has 0 atom stereocenters. The second-order valence-electron chi connectivity index (χ2n) is 5.09. The molecule has 1 aromatic heterocycles. The third kappa shape index (κ3) is 3.47. The van der Waals surface area contributed by atoms with Crippen LogP contribution in [0.4, 0.5) is 5.69 Å². The summed E-state index contributed by atoms with van der Waals surface area (Å²) < 4.78 is 0. The average Bonchev–Trinajstić information content (AvgIpc) is 3.07. The van der Waals surface area contributed by atoms with Crippen LogP contribution >= 0.6 is 11.3 Å². The molecule has 0 aliphatic rings. The standard InChI is InChI=1S/C19H13NO2S/c1-20-15-4-2-3-14(12-15)18-9-10-19(23-18)17(22)11-13-5-7-16(21)8-6-13/h2-10,12,21H,11H2. The van der Waals surface area contributed by atoms with Crippen molar-refractivity contribution in [2.75, 3.05) is 0 Å². The molecule has 4 heteroatoms. The van der Waals surface area contributed by atoms with Gasteiger partial charge in [-0.1, -0.05) is 30.3 Å². The number of Topliss-reactive ketones (excluding diaryl/α,β-unsaturated/α-hetero) is 1. The van der Waals surface area contributed by atoms with E-state index in [9.17, 15) is 9.90 Å². The number of hydrogen-bond acceptors (Lipinski definition) is 3. The topological polar surface area (TPSA) is 41.7 Å². The maximum absolute atomic E-state index is 12.4. The highest BCUT2D eigenvalue weighted by atomic mass is 32.1. The van der Waals surface area contributed by atoms with Crippen molar-refractivity contribution in [2.45, 2.75) is 6.42 Å². The number of ketones is 1. The van der Waals surface area contributed by atoms with Crippen LogP contribution in [-0.4, -0.2) is 10.9 Å². The molecule has 1 heterocycles. The van der Waals surface area contributed by atoms with Gasteiger partial charge in [0, 0.05) is 11.3 Å². The van der Waals surface area contributed by atoms with E-state index in [0.29, 0.717) is 17.0 Å². The first-order chi connectivity index (χ1) is 11.2. The van der Waals surface area contributed by atoms with E-state index in [-0.39, 0.29) is 11.5 Å². The summed E-state index contributed by atoms with van der Waals surface area (Å²) >= 11 is 1.43. The number of thiophene rings is 1. The van der Waals surface area contributed by atoms with Gasteiger partial charge in [-0.05, 0) is 41.5 Å². The lowest BCUT2D eigenvalue weighted by Gasteiger charge is -2.00. The number of nitrogens with zero attached hydrogens (tertiary/aromatic N) is 1. The Kier molecular flexibility index (Phi) is 4.22. The zero-order chi connectivity index (χ0) is 16.2. The summed E-state index contributed by atoms with van der Waals surface area (Å²) in [5.74, 6) is 0.243. The third-order valence-corrected chi connectivity index (χ3v) is 4.62. The molecule has 3 rings (SSSR count). The molecular weight excluding hydrogens is 306 g/mol. The second-order valence-corrected chi connectivity index (χ2v) is 6.18. The summed E-state index contributed by atoms with van der Waals surface area (Å²) in [6.07, 6.45) is 0.308. The van der Waals surface area contributed by atoms with E-state index < -0.39 is 0 Å². The fourth-order valence-corrected chi connectivity index (χ4v) is 3.20. The molecule has 0 fully saturated rings. The molecule has 0 amide bonds. The molecule has 23 heavy (non-hydrogen) atoms. The largest absolute Gasteiger partial charge is 0.508 e. The average molecular weight is 319 g/mol. The van der Waals surface area contributed by atoms with Crippen molar-refractivity contribution in [2.24, 2.45) is 0 Å². The van der Waals surface area contributed by atoms with Gasteiger partial charge in [0.05, 0.1) is 11.4 Å². The number of benzene rings is 2. The van der Waals surface area contributed by atoms with Crippen LogP contribution in [0, 0.1) is 6.57 Å². The Morgan fingerprint density at radius 2 is 1.87 bits per heavy atom. The molecule has 0 bridgehead atoms. The first-order valence-electron chi connectivity index (χ1n) is 7.04. The van der Waals surface area contributed by atoms with Gasteiger partial charge in [-0.25, -0.2) is 4.85 Å². The molecular formula is C19H13NO2S. The van der Waals surface area contributed by atoms with Gasteiger partial charge in [0.1, 0.15) is 5.75 Å². The van der Waals surface area contributed by atoms with Gasteiger partial charge in [-0.15, -0.1) is 11.3 Å². The van der Waals surface area contributed by atoms with Gasteiger partial charge in [-0.3, -0.25) is 4.79 Å². The summed E-state index contributed by atoms with van der Waals surface area (Å²) in [7, 11) is 0. The Labute approximate surface area is 138 Å². The number of rotatable bonds is 4. The Bertz CT molecular complexity index is 888. The lowest BCUT2D eigenvalue weighted by Crippen LogP contribution is -2.00. The van der Waals surface area contributed by atoms with E-state index in [4.69, 9.17) is 6.57 Å². The van der Waals surface area contributed by atoms with Crippen molar-refractivity contribution in [3.05, 3.63) is 82.5 Å². The minimum Gasteiger partial charge on any atom is -0.508 e. The molecule has 3 aromatic rings. The van der Waals surface area contributed by atoms with Gasteiger partial charge < -0.3 is 5.11 Å². The first kappa shape index (κ1) is 15.0. The zero-order valence-corrected chi connectivity index (χ0v) is 13.0. The van der Waals surface area contributed by atoms with E-state index in [1.165, 1.54) is 11.3 Å². The number of carbonyl (C=O) groups excluding carboxylic acids is 1. The van der Waals surface area contributed by atoms with E-state index >= 15 is 0 Å². The zero-order valence-electron chi connectivity index (χ0n) is 12.2. The Balaban J connectivity index is 1.79. The van der Waals surface area contributed by atoms with Crippen LogP contribution in [0.1, 0.15) is 15.2 Å². The Morgan fingerprint density at radius 3 is 2.61 bits per heavy atom. The van der Waals surface area contributed by atoms with Crippen LogP contribution in [0.3, 0.4) is 0 Å². The summed E-state index contributed by atoms with van der Waals surface area (Å²) in [5.41, 5.74) is 2.41. The van der Waals surface area contributed by atoms with Crippen LogP contribution in [-0.2, 0) is 6.42 Å². The van der Waals surface area contributed by atoms with Crippen molar-refractivity contribution < 1.29 is 9.90 Å². The van der Waals surface area contributed by atoms with Crippen molar-refractivity contribution in [3.8, 4) is 16.2 Å². The summed E-state index contributed by atoms with van der Waals surface area (Å²) in [6, 6.07) is 17.8. The molecule has 0 aliphatic carbocycles. The molecule has 0 spiro atoms. The van der Waals surface area contributed by atoms with Gasteiger partial charge in [0.2, 0.25) is 0 Å². The van der Waals surface area contributed by atoms with Crippen molar-refractivity contribution in [1.82, 2.24) is 0 Å². The quantitative estimate of drug-likeness (QED) is 0.537. The smallest absolute Gasteiger partial charge is 0.187 e. The highest BCUT2D eigenvalue weighted by molar-refractivity contribution is 7.17. The Hall–Kier alpha value is -2.90. The van der Waals surface area contributed by atoms with Crippen LogP contribution in [0.15, 0.2) is 60.7 Å². The van der Waals surface area contributed by atoms with Crippen LogP contribution in [0.2, 0.25) is 0 Å². The van der Waals surface area contributed by atoms with Crippen LogP contribution in [0.25, 0.3) is 15.3 Å².